The number of carbonyl (C=O) groups is 3. The molecule has 2 atom stereocenters. The van der Waals surface area contributed by atoms with Gasteiger partial charge in [0.15, 0.2) is 5.69 Å². The Kier molecular flexibility index (Phi) is 9.76. The molecule has 2 aliphatic rings. The smallest absolute Gasteiger partial charge is 0.273 e. The van der Waals surface area contributed by atoms with Crippen LogP contribution in [0.15, 0.2) is 48.5 Å². The van der Waals surface area contributed by atoms with Gasteiger partial charge in [0.1, 0.15) is 10.9 Å². The van der Waals surface area contributed by atoms with Crippen molar-refractivity contribution >= 4 is 52.2 Å². The Morgan fingerprint density at radius 2 is 1.86 bits per heavy atom. The van der Waals surface area contributed by atoms with Gasteiger partial charge < -0.3 is 21.1 Å². The highest BCUT2D eigenvalue weighted by atomic mass is 35.5. The Hall–Kier alpha value is -3.47. The van der Waals surface area contributed by atoms with Crippen molar-refractivity contribution in [1.82, 2.24) is 15.0 Å². The number of aromatic nitrogens is 1. The van der Waals surface area contributed by atoms with Crippen molar-refractivity contribution in [2.24, 2.45) is 0 Å². The van der Waals surface area contributed by atoms with Gasteiger partial charge in [-0.05, 0) is 79.5 Å². The van der Waals surface area contributed by atoms with E-state index in [1.54, 1.807) is 30.3 Å². The molecule has 0 bridgehead atoms. The number of nitrogens with one attached hydrogen (secondary N) is 2. The average molecular weight is 610 g/mol. The standard InChI is InChI=1S/C31H36ClN5O4S/c1-19-7-5-10-23(17-19)37(27(20-12-14-21(32)15-13-20)30(39)34-18-24-11-6-16-41-24)31(40)28-25(33)26(36-42-28)29(38)35-22-8-3-2-4-9-22/h5,7,10,12-15,17,22,24,27H,2-4,6,8-9,11,16,18,33H2,1H3,(H,34,39)(H,35,38). The van der Waals surface area contributed by atoms with Gasteiger partial charge in [0.05, 0.1) is 11.8 Å². The number of nitrogen functional groups attached to an aromatic ring is 1. The second kappa shape index (κ2) is 13.7. The lowest BCUT2D eigenvalue weighted by atomic mass is 9.95. The van der Waals surface area contributed by atoms with E-state index in [2.05, 4.69) is 15.0 Å². The van der Waals surface area contributed by atoms with Crippen LogP contribution in [0.4, 0.5) is 11.4 Å². The van der Waals surface area contributed by atoms with Gasteiger partial charge in [-0.3, -0.25) is 19.3 Å². The quantitative estimate of drug-likeness (QED) is 0.297. The van der Waals surface area contributed by atoms with E-state index in [1.807, 2.05) is 25.1 Å². The summed E-state index contributed by atoms with van der Waals surface area (Å²) < 4.78 is 10.00. The summed E-state index contributed by atoms with van der Waals surface area (Å²) in [5.74, 6) is -1.29. The fraction of sp³-hybridized carbons (Fsp3) is 0.419. The molecule has 5 rings (SSSR count). The summed E-state index contributed by atoms with van der Waals surface area (Å²) in [5.41, 5.74) is 8.46. The van der Waals surface area contributed by atoms with Gasteiger partial charge in [0, 0.05) is 29.9 Å². The predicted molar refractivity (Wildman–Crippen MR) is 165 cm³/mol. The lowest BCUT2D eigenvalue weighted by Gasteiger charge is -2.32. The second-order valence-corrected chi connectivity index (χ2v) is 12.1. The highest BCUT2D eigenvalue weighted by Crippen LogP contribution is 2.34. The molecule has 1 saturated carbocycles. The number of nitrogens with zero attached hydrogens (tertiary/aromatic N) is 2. The normalized spacial score (nSPS) is 17.9. The zero-order valence-electron chi connectivity index (χ0n) is 23.6. The van der Waals surface area contributed by atoms with Crippen LogP contribution >= 0.6 is 23.1 Å². The van der Waals surface area contributed by atoms with Crippen molar-refractivity contribution in [3.8, 4) is 0 Å². The van der Waals surface area contributed by atoms with Crippen LogP contribution in [0, 0.1) is 6.92 Å². The third kappa shape index (κ3) is 6.94. The van der Waals surface area contributed by atoms with Crippen molar-refractivity contribution in [2.75, 3.05) is 23.8 Å². The highest BCUT2D eigenvalue weighted by molar-refractivity contribution is 7.09. The van der Waals surface area contributed by atoms with Gasteiger partial charge in [0.2, 0.25) is 5.91 Å². The van der Waals surface area contributed by atoms with Crippen molar-refractivity contribution < 1.29 is 19.1 Å². The number of aryl methyl sites for hydroxylation is 1. The molecule has 1 aliphatic carbocycles. The second-order valence-electron chi connectivity index (χ2n) is 10.9. The van der Waals surface area contributed by atoms with Crippen LogP contribution < -0.4 is 21.3 Å². The number of hydrogen-bond acceptors (Lipinski definition) is 7. The minimum absolute atomic E-state index is 0.00517. The van der Waals surface area contributed by atoms with E-state index in [0.717, 1.165) is 62.0 Å². The van der Waals surface area contributed by atoms with Crippen LogP contribution in [0.1, 0.15) is 82.3 Å². The molecule has 0 radical (unpaired) electrons. The maximum Gasteiger partial charge on any atom is 0.273 e. The highest BCUT2D eigenvalue weighted by Gasteiger charge is 2.37. The Balaban J connectivity index is 1.50. The first-order valence-corrected chi connectivity index (χ1v) is 15.6. The molecule has 222 valence electrons. The van der Waals surface area contributed by atoms with Gasteiger partial charge in [-0.2, -0.15) is 4.37 Å². The fourth-order valence-electron chi connectivity index (χ4n) is 5.57. The molecular weight excluding hydrogens is 574 g/mol. The van der Waals surface area contributed by atoms with Crippen molar-refractivity contribution in [3.05, 3.63) is 75.3 Å². The van der Waals surface area contributed by atoms with Crippen LogP contribution in [0.2, 0.25) is 5.02 Å². The minimum Gasteiger partial charge on any atom is -0.395 e. The molecular formula is C31H36ClN5O4S. The number of amides is 3. The first kappa shape index (κ1) is 30.0. The molecule has 1 saturated heterocycles. The predicted octanol–water partition coefficient (Wildman–Crippen LogP) is 5.43. The summed E-state index contributed by atoms with van der Waals surface area (Å²) >= 11 is 7.05. The number of ether oxygens (including phenoxy) is 1. The number of carbonyl (C=O) groups excluding carboxylic acids is 3. The van der Waals surface area contributed by atoms with Crippen LogP contribution in [0.25, 0.3) is 0 Å². The monoisotopic (exact) mass is 609 g/mol. The van der Waals surface area contributed by atoms with Gasteiger partial charge in [-0.1, -0.05) is 55.1 Å². The van der Waals surface area contributed by atoms with Crippen LogP contribution in [-0.2, 0) is 9.53 Å². The molecule has 2 aromatic carbocycles. The Bertz CT molecular complexity index is 1420. The number of halogens is 1. The van der Waals surface area contributed by atoms with Crippen molar-refractivity contribution in [2.45, 2.75) is 70.1 Å². The van der Waals surface area contributed by atoms with Crippen LogP contribution in [0.5, 0.6) is 0 Å². The molecule has 2 fully saturated rings. The molecule has 9 nitrogen and oxygen atoms in total. The molecule has 0 spiro atoms. The number of rotatable bonds is 9. The van der Waals surface area contributed by atoms with E-state index in [-0.39, 0.29) is 40.2 Å². The van der Waals surface area contributed by atoms with E-state index in [0.29, 0.717) is 29.4 Å². The number of hydrogen-bond donors (Lipinski definition) is 3. The number of anilines is 2. The van der Waals surface area contributed by atoms with E-state index in [1.165, 1.54) is 4.90 Å². The van der Waals surface area contributed by atoms with Crippen LogP contribution in [0.3, 0.4) is 0 Å². The van der Waals surface area contributed by atoms with E-state index >= 15 is 0 Å². The molecule has 1 aliphatic heterocycles. The summed E-state index contributed by atoms with van der Waals surface area (Å²) in [6.07, 6.45) is 6.83. The first-order chi connectivity index (χ1) is 20.3. The van der Waals surface area contributed by atoms with Crippen LogP contribution in [-0.4, -0.2) is 47.4 Å². The van der Waals surface area contributed by atoms with E-state index in [9.17, 15) is 14.4 Å². The van der Waals surface area contributed by atoms with Gasteiger partial charge >= 0.3 is 0 Å². The number of benzene rings is 2. The minimum atomic E-state index is -1.06. The third-order valence-corrected chi connectivity index (χ3v) is 8.90. The SMILES string of the molecule is Cc1cccc(N(C(=O)c2snc(C(=O)NC3CCCCC3)c2N)C(C(=O)NCC2CCCO2)c2ccc(Cl)cc2)c1. The lowest BCUT2D eigenvalue weighted by molar-refractivity contribution is -0.123. The molecule has 4 N–H and O–H groups in total. The molecule has 2 unspecified atom stereocenters. The molecule has 42 heavy (non-hydrogen) atoms. The Labute approximate surface area is 254 Å². The maximum atomic E-state index is 14.4. The molecule has 1 aromatic heterocycles. The third-order valence-electron chi connectivity index (χ3n) is 7.80. The van der Waals surface area contributed by atoms with Gasteiger partial charge in [-0.25, -0.2) is 0 Å². The summed E-state index contributed by atoms with van der Waals surface area (Å²) in [4.78, 5) is 43.0. The molecule has 3 aromatic rings. The number of nitrogens with two attached hydrogens (primary N) is 1. The van der Waals surface area contributed by atoms with Gasteiger partial charge in [-0.15, -0.1) is 0 Å². The maximum absolute atomic E-state index is 14.4. The topological polar surface area (TPSA) is 127 Å². The molecule has 2 heterocycles. The fourth-order valence-corrected chi connectivity index (χ4v) is 6.43. The van der Waals surface area contributed by atoms with Crippen molar-refractivity contribution in [1.29, 1.82) is 0 Å². The zero-order chi connectivity index (χ0) is 29.6. The summed E-state index contributed by atoms with van der Waals surface area (Å²) in [6.45, 7) is 2.90. The zero-order valence-corrected chi connectivity index (χ0v) is 25.2. The largest absolute Gasteiger partial charge is 0.395 e. The molecule has 3 amide bonds. The summed E-state index contributed by atoms with van der Waals surface area (Å²) in [7, 11) is 0. The molecule has 11 heteroatoms. The average Bonchev–Trinajstić information content (AvgIpc) is 3.65. The van der Waals surface area contributed by atoms with E-state index < -0.39 is 11.9 Å². The Morgan fingerprint density at radius 1 is 1.10 bits per heavy atom. The lowest BCUT2D eigenvalue weighted by Crippen LogP contribution is -2.45. The summed E-state index contributed by atoms with van der Waals surface area (Å²) in [6, 6.07) is 13.2. The van der Waals surface area contributed by atoms with Gasteiger partial charge in [0.25, 0.3) is 11.8 Å². The Morgan fingerprint density at radius 3 is 2.55 bits per heavy atom. The van der Waals surface area contributed by atoms with Crippen molar-refractivity contribution in [3.63, 3.8) is 0 Å². The first-order valence-electron chi connectivity index (χ1n) is 14.4. The van der Waals surface area contributed by atoms with E-state index in [4.69, 9.17) is 22.1 Å². The summed E-state index contributed by atoms with van der Waals surface area (Å²) in [5, 5.41) is 6.52.